The number of halogens is 1. The SMILES string of the molecule is Cc1ccc(N)cc1[C@H](C)Nc1cncc(Cl)n1. The van der Waals surface area contributed by atoms with E-state index in [4.69, 9.17) is 17.3 Å². The molecule has 0 saturated carbocycles. The van der Waals surface area contributed by atoms with Gasteiger partial charge in [0, 0.05) is 5.69 Å². The molecule has 0 amide bonds. The first-order valence-electron chi connectivity index (χ1n) is 5.66. The first-order valence-corrected chi connectivity index (χ1v) is 6.04. The summed E-state index contributed by atoms with van der Waals surface area (Å²) >= 11 is 5.80. The molecule has 1 aromatic carbocycles. The Hall–Kier alpha value is -1.81. The maximum Gasteiger partial charge on any atom is 0.149 e. The van der Waals surface area contributed by atoms with Crippen LogP contribution in [0, 0.1) is 6.92 Å². The number of nitrogens with zero attached hydrogens (tertiary/aromatic N) is 2. The second-order valence-electron chi connectivity index (χ2n) is 4.21. The molecular weight excluding hydrogens is 248 g/mol. The van der Waals surface area contributed by atoms with Crippen LogP contribution < -0.4 is 11.1 Å². The van der Waals surface area contributed by atoms with Crippen molar-refractivity contribution in [2.24, 2.45) is 0 Å². The molecule has 2 aromatic rings. The van der Waals surface area contributed by atoms with E-state index in [2.05, 4.69) is 22.2 Å². The normalized spacial score (nSPS) is 12.2. The molecule has 1 atom stereocenters. The number of nitrogens with two attached hydrogens (primary N) is 1. The fourth-order valence-electron chi connectivity index (χ4n) is 1.84. The summed E-state index contributed by atoms with van der Waals surface area (Å²) in [6.07, 6.45) is 3.15. The van der Waals surface area contributed by atoms with Gasteiger partial charge in [-0.15, -0.1) is 0 Å². The molecular formula is C13H15ClN4. The lowest BCUT2D eigenvalue weighted by Crippen LogP contribution is -2.10. The number of benzene rings is 1. The predicted octanol–water partition coefficient (Wildman–Crippen LogP) is 3.19. The summed E-state index contributed by atoms with van der Waals surface area (Å²) in [5, 5.41) is 3.63. The minimum Gasteiger partial charge on any atom is -0.399 e. The Kier molecular flexibility index (Phi) is 3.67. The third-order valence-corrected chi connectivity index (χ3v) is 2.92. The molecule has 3 N–H and O–H groups in total. The van der Waals surface area contributed by atoms with Gasteiger partial charge in [-0.05, 0) is 37.1 Å². The van der Waals surface area contributed by atoms with Crippen molar-refractivity contribution in [2.75, 3.05) is 11.1 Å². The van der Waals surface area contributed by atoms with Crippen LogP contribution in [-0.4, -0.2) is 9.97 Å². The smallest absolute Gasteiger partial charge is 0.149 e. The van der Waals surface area contributed by atoms with Crippen LogP contribution >= 0.6 is 11.6 Å². The molecule has 0 fully saturated rings. The third kappa shape index (κ3) is 2.90. The average molecular weight is 263 g/mol. The van der Waals surface area contributed by atoms with Gasteiger partial charge in [-0.3, -0.25) is 4.98 Å². The van der Waals surface area contributed by atoms with Crippen LogP contribution in [0.3, 0.4) is 0 Å². The van der Waals surface area contributed by atoms with Crippen LogP contribution in [0.2, 0.25) is 5.15 Å². The molecule has 18 heavy (non-hydrogen) atoms. The standard InChI is InChI=1S/C13H15ClN4/c1-8-3-4-10(15)5-11(8)9(2)17-13-7-16-6-12(14)18-13/h3-7,9H,15H2,1-2H3,(H,17,18)/t9-/m0/s1. The largest absolute Gasteiger partial charge is 0.399 e. The molecule has 5 heteroatoms. The van der Waals surface area contributed by atoms with Gasteiger partial charge >= 0.3 is 0 Å². The molecule has 2 rings (SSSR count). The number of rotatable bonds is 3. The van der Waals surface area contributed by atoms with Crippen LogP contribution in [0.25, 0.3) is 0 Å². The zero-order valence-electron chi connectivity index (χ0n) is 10.3. The van der Waals surface area contributed by atoms with E-state index in [1.807, 2.05) is 25.1 Å². The second-order valence-corrected chi connectivity index (χ2v) is 4.60. The van der Waals surface area contributed by atoms with E-state index in [1.165, 1.54) is 11.8 Å². The summed E-state index contributed by atoms with van der Waals surface area (Å²) < 4.78 is 0. The number of anilines is 2. The van der Waals surface area contributed by atoms with Crippen molar-refractivity contribution in [1.82, 2.24) is 9.97 Å². The number of hydrogen-bond donors (Lipinski definition) is 2. The van der Waals surface area contributed by atoms with Crippen LogP contribution in [0.5, 0.6) is 0 Å². The highest BCUT2D eigenvalue weighted by atomic mass is 35.5. The second kappa shape index (κ2) is 5.23. The molecule has 0 aliphatic carbocycles. The predicted molar refractivity (Wildman–Crippen MR) is 74.7 cm³/mol. The van der Waals surface area contributed by atoms with Crippen LogP contribution in [0.15, 0.2) is 30.6 Å². The lowest BCUT2D eigenvalue weighted by Gasteiger charge is -2.17. The topological polar surface area (TPSA) is 63.8 Å². The molecule has 1 heterocycles. The van der Waals surface area contributed by atoms with E-state index < -0.39 is 0 Å². The van der Waals surface area contributed by atoms with Crippen LogP contribution in [-0.2, 0) is 0 Å². The summed E-state index contributed by atoms with van der Waals surface area (Å²) in [5.74, 6) is 0.650. The molecule has 0 aliphatic rings. The Morgan fingerprint density at radius 2 is 2.11 bits per heavy atom. The van der Waals surface area contributed by atoms with Crippen molar-refractivity contribution in [2.45, 2.75) is 19.9 Å². The van der Waals surface area contributed by atoms with E-state index in [9.17, 15) is 0 Å². The summed E-state index contributed by atoms with van der Waals surface area (Å²) in [6.45, 7) is 4.10. The summed E-state index contributed by atoms with van der Waals surface area (Å²) in [5.41, 5.74) is 8.87. The molecule has 0 bridgehead atoms. The molecule has 4 nitrogen and oxygen atoms in total. The summed E-state index contributed by atoms with van der Waals surface area (Å²) in [4.78, 5) is 8.14. The lowest BCUT2D eigenvalue weighted by atomic mass is 10.0. The zero-order chi connectivity index (χ0) is 13.1. The molecule has 0 aliphatic heterocycles. The van der Waals surface area contributed by atoms with Crippen molar-refractivity contribution >= 4 is 23.1 Å². The minimum absolute atomic E-state index is 0.0845. The van der Waals surface area contributed by atoms with E-state index in [1.54, 1.807) is 6.20 Å². The Bertz CT molecular complexity index is 556. The van der Waals surface area contributed by atoms with Crippen molar-refractivity contribution < 1.29 is 0 Å². The maximum absolute atomic E-state index is 5.81. The van der Waals surface area contributed by atoms with Crippen LogP contribution in [0.4, 0.5) is 11.5 Å². The first-order chi connectivity index (χ1) is 8.56. The van der Waals surface area contributed by atoms with Gasteiger partial charge in [0.25, 0.3) is 0 Å². The quantitative estimate of drug-likeness (QED) is 0.834. The molecule has 94 valence electrons. The number of nitrogen functional groups attached to an aromatic ring is 1. The number of aryl methyl sites for hydroxylation is 1. The molecule has 0 spiro atoms. The Labute approximate surface area is 111 Å². The highest BCUT2D eigenvalue weighted by molar-refractivity contribution is 6.29. The van der Waals surface area contributed by atoms with Crippen LogP contribution in [0.1, 0.15) is 24.1 Å². The van der Waals surface area contributed by atoms with Gasteiger partial charge in [0.05, 0.1) is 18.4 Å². The molecule has 0 radical (unpaired) electrons. The van der Waals surface area contributed by atoms with E-state index in [0.717, 1.165) is 11.3 Å². The van der Waals surface area contributed by atoms with Gasteiger partial charge in [-0.2, -0.15) is 0 Å². The average Bonchev–Trinajstić information content (AvgIpc) is 2.32. The Balaban J connectivity index is 2.21. The van der Waals surface area contributed by atoms with Gasteiger partial charge in [-0.25, -0.2) is 4.98 Å². The summed E-state index contributed by atoms with van der Waals surface area (Å²) in [7, 11) is 0. The monoisotopic (exact) mass is 262 g/mol. The lowest BCUT2D eigenvalue weighted by molar-refractivity contribution is 0.862. The van der Waals surface area contributed by atoms with Crippen molar-refractivity contribution in [3.8, 4) is 0 Å². The number of nitrogens with one attached hydrogen (secondary N) is 1. The molecule has 0 saturated heterocycles. The zero-order valence-corrected chi connectivity index (χ0v) is 11.1. The number of aromatic nitrogens is 2. The highest BCUT2D eigenvalue weighted by Gasteiger charge is 2.09. The van der Waals surface area contributed by atoms with Gasteiger partial charge in [0.1, 0.15) is 11.0 Å². The molecule has 0 unspecified atom stereocenters. The fraction of sp³-hybridized carbons (Fsp3) is 0.231. The molecule has 1 aromatic heterocycles. The van der Waals surface area contributed by atoms with Crippen molar-refractivity contribution in [3.63, 3.8) is 0 Å². The van der Waals surface area contributed by atoms with Crippen molar-refractivity contribution in [3.05, 3.63) is 46.9 Å². The first kappa shape index (κ1) is 12.6. The van der Waals surface area contributed by atoms with E-state index in [0.29, 0.717) is 11.0 Å². The number of hydrogen-bond acceptors (Lipinski definition) is 4. The Morgan fingerprint density at radius 3 is 2.83 bits per heavy atom. The summed E-state index contributed by atoms with van der Waals surface area (Å²) in [6, 6.07) is 5.95. The van der Waals surface area contributed by atoms with Gasteiger partial charge < -0.3 is 11.1 Å². The van der Waals surface area contributed by atoms with Gasteiger partial charge in [-0.1, -0.05) is 17.7 Å². The van der Waals surface area contributed by atoms with Gasteiger partial charge in [0.15, 0.2) is 0 Å². The fourth-order valence-corrected chi connectivity index (χ4v) is 1.98. The third-order valence-electron chi connectivity index (χ3n) is 2.74. The van der Waals surface area contributed by atoms with E-state index in [-0.39, 0.29) is 6.04 Å². The highest BCUT2D eigenvalue weighted by Crippen LogP contribution is 2.23. The van der Waals surface area contributed by atoms with Gasteiger partial charge in [0.2, 0.25) is 0 Å². The van der Waals surface area contributed by atoms with E-state index >= 15 is 0 Å². The minimum atomic E-state index is 0.0845. The Morgan fingerprint density at radius 1 is 1.33 bits per heavy atom. The maximum atomic E-state index is 5.81. The van der Waals surface area contributed by atoms with Crippen molar-refractivity contribution in [1.29, 1.82) is 0 Å².